The number of amides is 1. The number of anilines is 1. The second kappa shape index (κ2) is 6.98. The minimum absolute atomic E-state index is 0.266. The Morgan fingerprint density at radius 2 is 1.96 bits per heavy atom. The Kier molecular flexibility index (Phi) is 5.03. The van der Waals surface area contributed by atoms with Gasteiger partial charge in [-0.2, -0.15) is 5.26 Å². The van der Waals surface area contributed by atoms with Crippen LogP contribution in [-0.2, 0) is 9.53 Å². The number of rotatable bonds is 4. The van der Waals surface area contributed by atoms with E-state index in [2.05, 4.69) is 5.32 Å². The summed E-state index contributed by atoms with van der Waals surface area (Å²) in [5.74, 6) is -4.15. The summed E-state index contributed by atoms with van der Waals surface area (Å²) in [6.07, 6.45) is -1.30. The average molecular weight is 336 g/mol. The molecule has 0 fully saturated rings. The van der Waals surface area contributed by atoms with E-state index in [9.17, 15) is 18.4 Å². The van der Waals surface area contributed by atoms with Crippen molar-refractivity contribution in [2.45, 2.75) is 13.0 Å². The van der Waals surface area contributed by atoms with Crippen molar-refractivity contribution in [1.82, 2.24) is 0 Å². The number of carbonyl (C=O) groups excluding carboxylic acids is 2. The highest BCUT2D eigenvalue weighted by Gasteiger charge is 2.24. The van der Waals surface area contributed by atoms with E-state index in [1.54, 1.807) is 5.38 Å². The Balaban J connectivity index is 2.07. The van der Waals surface area contributed by atoms with Crippen LogP contribution in [0.25, 0.3) is 0 Å². The highest BCUT2D eigenvalue weighted by atomic mass is 32.1. The first kappa shape index (κ1) is 16.6. The smallest absolute Gasteiger partial charge is 0.344 e. The largest absolute Gasteiger partial charge is 0.449 e. The third-order valence-electron chi connectivity index (χ3n) is 2.84. The third-order valence-corrected chi connectivity index (χ3v) is 3.67. The molecule has 1 N–H and O–H groups in total. The molecule has 1 aromatic heterocycles. The molecule has 0 saturated carbocycles. The maximum Gasteiger partial charge on any atom is 0.344 e. The predicted molar refractivity (Wildman–Crippen MR) is 78.9 cm³/mol. The van der Waals surface area contributed by atoms with Crippen LogP contribution < -0.4 is 5.32 Å². The molecule has 8 heteroatoms. The summed E-state index contributed by atoms with van der Waals surface area (Å²) in [5.41, 5.74) is -0.594. The van der Waals surface area contributed by atoms with Crippen LogP contribution in [0, 0.1) is 23.0 Å². The molecule has 1 unspecified atom stereocenters. The molecule has 0 aliphatic carbocycles. The van der Waals surface area contributed by atoms with Crippen molar-refractivity contribution in [2.24, 2.45) is 0 Å². The van der Waals surface area contributed by atoms with Crippen LogP contribution in [0.15, 0.2) is 29.6 Å². The Morgan fingerprint density at radius 1 is 1.30 bits per heavy atom. The number of esters is 1. The van der Waals surface area contributed by atoms with E-state index < -0.39 is 35.2 Å². The minimum atomic E-state index is -1.30. The fourth-order valence-corrected chi connectivity index (χ4v) is 2.41. The lowest BCUT2D eigenvalue weighted by atomic mass is 10.2. The van der Waals surface area contributed by atoms with Gasteiger partial charge in [0.25, 0.3) is 5.91 Å². The summed E-state index contributed by atoms with van der Waals surface area (Å²) < 4.78 is 31.7. The molecular weight excluding hydrogens is 326 g/mol. The SMILES string of the molecule is CC(OC(=O)c1c(F)cccc1F)C(=O)Nc1sccc1C#N. The van der Waals surface area contributed by atoms with Crippen LogP contribution in [0.1, 0.15) is 22.8 Å². The fourth-order valence-electron chi connectivity index (χ4n) is 1.67. The van der Waals surface area contributed by atoms with E-state index in [1.807, 2.05) is 6.07 Å². The second-order valence-electron chi connectivity index (χ2n) is 4.41. The molecule has 1 aromatic carbocycles. The normalized spacial score (nSPS) is 11.4. The molecule has 0 aliphatic heterocycles. The number of ether oxygens (including phenoxy) is 1. The fraction of sp³-hybridized carbons (Fsp3) is 0.133. The summed E-state index contributed by atoms with van der Waals surface area (Å²) >= 11 is 1.13. The van der Waals surface area contributed by atoms with Crippen LogP contribution in [0.3, 0.4) is 0 Å². The highest BCUT2D eigenvalue weighted by Crippen LogP contribution is 2.22. The molecule has 118 valence electrons. The molecule has 1 atom stereocenters. The molecule has 5 nitrogen and oxygen atoms in total. The number of hydrogen-bond donors (Lipinski definition) is 1. The van der Waals surface area contributed by atoms with Gasteiger partial charge in [0.1, 0.15) is 28.3 Å². The van der Waals surface area contributed by atoms with Gasteiger partial charge in [0.2, 0.25) is 0 Å². The van der Waals surface area contributed by atoms with Gasteiger partial charge in [-0.3, -0.25) is 4.79 Å². The number of nitrogens with one attached hydrogen (secondary N) is 1. The van der Waals surface area contributed by atoms with E-state index in [1.165, 1.54) is 13.0 Å². The van der Waals surface area contributed by atoms with Gasteiger partial charge in [0.15, 0.2) is 6.10 Å². The number of nitriles is 1. The molecular formula is C15H10F2N2O3S. The van der Waals surface area contributed by atoms with Crippen molar-refractivity contribution >= 4 is 28.2 Å². The Hall–Kier alpha value is -2.79. The summed E-state index contributed by atoms with van der Waals surface area (Å²) in [6.45, 7) is 1.26. The standard InChI is InChI=1S/C15H10F2N2O3S/c1-8(13(20)19-14-9(7-18)5-6-23-14)22-15(21)12-10(16)3-2-4-11(12)17/h2-6,8H,1H3,(H,19,20). The van der Waals surface area contributed by atoms with Gasteiger partial charge in [-0.1, -0.05) is 6.07 Å². The molecule has 1 amide bonds. The Morgan fingerprint density at radius 3 is 2.57 bits per heavy atom. The Bertz CT molecular complexity index is 778. The first-order valence-electron chi connectivity index (χ1n) is 6.37. The number of nitrogens with zero attached hydrogens (tertiary/aromatic N) is 1. The van der Waals surface area contributed by atoms with Crippen LogP contribution in [-0.4, -0.2) is 18.0 Å². The maximum atomic E-state index is 13.5. The van der Waals surface area contributed by atoms with Crippen molar-refractivity contribution < 1.29 is 23.1 Å². The van der Waals surface area contributed by atoms with Gasteiger partial charge in [-0.05, 0) is 30.5 Å². The van der Waals surface area contributed by atoms with Gasteiger partial charge < -0.3 is 10.1 Å². The van der Waals surface area contributed by atoms with Crippen molar-refractivity contribution in [3.63, 3.8) is 0 Å². The Labute approximate surface area is 134 Å². The van der Waals surface area contributed by atoms with Crippen LogP contribution in [0.4, 0.5) is 13.8 Å². The van der Waals surface area contributed by atoms with Crippen molar-refractivity contribution in [2.75, 3.05) is 5.32 Å². The van der Waals surface area contributed by atoms with E-state index in [0.29, 0.717) is 5.00 Å². The molecule has 0 saturated heterocycles. The molecule has 2 aromatic rings. The number of carbonyl (C=O) groups is 2. The lowest BCUT2D eigenvalue weighted by Crippen LogP contribution is -2.30. The monoisotopic (exact) mass is 336 g/mol. The number of thiophene rings is 1. The lowest BCUT2D eigenvalue weighted by Gasteiger charge is -2.13. The zero-order valence-electron chi connectivity index (χ0n) is 11.8. The van der Waals surface area contributed by atoms with Gasteiger partial charge >= 0.3 is 5.97 Å². The topological polar surface area (TPSA) is 79.2 Å². The summed E-state index contributed by atoms with van der Waals surface area (Å²) in [7, 11) is 0. The number of benzene rings is 1. The number of halogens is 2. The van der Waals surface area contributed by atoms with Crippen LogP contribution in [0.5, 0.6) is 0 Å². The van der Waals surface area contributed by atoms with Gasteiger partial charge in [-0.15, -0.1) is 11.3 Å². The average Bonchev–Trinajstić information content (AvgIpc) is 2.94. The van der Waals surface area contributed by atoms with Crippen LogP contribution in [0.2, 0.25) is 0 Å². The zero-order valence-corrected chi connectivity index (χ0v) is 12.6. The third kappa shape index (κ3) is 3.70. The minimum Gasteiger partial charge on any atom is -0.449 e. The van der Waals surface area contributed by atoms with E-state index in [4.69, 9.17) is 10.00 Å². The highest BCUT2D eigenvalue weighted by molar-refractivity contribution is 7.14. The molecule has 23 heavy (non-hydrogen) atoms. The van der Waals surface area contributed by atoms with Gasteiger partial charge in [-0.25, -0.2) is 13.6 Å². The molecule has 0 bridgehead atoms. The van der Waals surface area contributed by atoms with E-state index in [0.717, 1.165) is 29.5 Å². The first-order valence-corrected chi connectivity index (χ1v) is 7.25. The van der Waals surface area contributed by atoms with Crippen molar-refractivity contribution in [3.05, 3.63) is 52.4 Å². The van der Waals surface area contributed by atoms with Gasteiger partial charge in [0.05, 0.1) is 5.56 Å². The molecule has 2 rings (SSSR count). The quantitative estimate of drug-likeness (QED) is 0.870. The molecule has 0 aliphatic rings. The first-order chi connectivity index (χ1) is 10.9. The summed E-state index contributed by atoms with van der Waals surface area (Å²) in [4.78, 5) is 23.7. The van der Waals surface area contributed by atoms with Gasteiger partial charge in [0, 0.05) is 0 Å². The second-order valence-corrected chi connectivity index (χ2v) is 5.32. The van der Waals surface area contributed by atoms with Crippen molar-refractivity contribution in [1.29, 1.82) is 5.26 Å². The lowest BCUT2D eigenvalue weighted by molar-refractivity contribution is -0.123. The van der Waals surface area contributed by atoms with Crippen LogP contribution >= 0.6 is 11.3 Å². The van der Waals surface area contributed by atoms with E-state index in [-0.39, 0.29) is 5.56 Å². The predicted octanol–water partition coefficient (Wildman–Crippen LogP) is 3.08. The molecule has 1 heterocycles. The molecule has 0 spiro atoms. The zero-order chi connectivity index (χ0) is 17.0. The maximum absolute atomic E-state index is 13.5. The summed E-state index contributed by atoms with van der Waals surface area (Å²) in [6, 6.07) is 6.34. The van der Waals surface area contributed by atoms with Crippen molar-refractivity contribution in [3.8, 4) is 6.07 Å². The summed E-state index contributed by atoms with van der Waals surface area (Å²) in [5, 5.41) is 13.2. The molecule has 0 radical (unpaired) electrons. The number of hydrogen-bond acceptors (Lipinski definition) is 5. The van der Waals surface area contributed by atoms with E-state index >= 15 is 0 Å².